The lowest BCUT2D eigenvalue weighted by atomic mass is 10.0. The summed E-state index contributed by atoms with van der Waals surface area (Å²) < 4.78 is 3.47. The van der Waals surface area contributed by atoms with E-state index in [1.165, 1.54) is 24.8 Å². The minimum Gasteiger partial charge on any atom is -0.327 e. The van der Waals surface area contributed by atoms with Gasteiger partial charge in [0.2, 0.25) is 0 Å². The molecule has 2 nitrogen and oxygen atoms in total. The lowest BCUT2D eigenvalue weighted by molar-refractivity contribution is 0.408. The predicted molar refractivity (Wildman–Crippen MR) is 83.8 cm³/mol. The van der Waals surface area contributed by atoms with Crippen LogP contribution in [0.5, 0.6) is 0 Å². The Labute approximate surface area is 127 Å². The van der Waals surface area contributed by atoms with E-state index in [0.717, 1.165) is 28.8 Å². The molecular weight excluding hydrogens is 324 g/mol. The highest BCUT2D eigenvalue weighted by Gasteiger charge is 2.41. The van der Waals surface area contributed by atoms with E-state index in [-0.39, 0.29) is 0 Å². The number of hydrogen-bond acceptors (Lipinski definition) is 1. The van der Waals surface area contributed by atoms with Gasteiger partial charge in [-0.15, -0.1) is 11.6 Å². The van der Waals surface area contributed by atoms with Crippen LogP contribution in [0, 0.1) is 5.41 Å². The molecule has 1 aromatic heterocycles. The fraction of sp³-hybridized carbons (Fsp3) is 0.533. The first kappa shape index (κ1) is 13.4. The van der Waals surface area contributed by atoms with E-state index in [2.05, 4.69) is 45.6 Å². The number of aromatic nitrogens is 2. The minimum absolute atomic E-state index is 0.516. The molecule has 0 atom stereocenters. The van der Waals surface area contributed by atoms with Crippen LogP contribution in [-0.2, 0) is 13.0 Å². The first-order valence-electron chi connectivity index (χ1n) is 6.88. The van der Waals surface area contributed by atoms with Gasteiger partial charge in [-0.25, -0.2) is 4.98 Å². The normalized spacial score (nSPS) is 17.0. The fourth-order valence-electron chi connectivity index (χ4n) is 2.74. The number of rotatable bonds is 5. The molecule has 0 saturated heterocycles. The molecule has 102 valence electrons. The van der Waals surface area contributed by atoms with E-state index in [0.29, 0.717) is 11.3 Å². The molecule has 0 amide bonds. The van der Waals surface area contributed by atoms with Crippen molar-refractivity contribution in [3.63, 3.8) is 0 Å². The van der Waals surface area contributed by atoms with E-state index in [1.807, 2.05) is 0 Å². The zero-order valence-corrected chi connectivity index (χ0v) is 13.5. The Morgan fingerprint density at radius 3 is 2.84 bits per heavy atom. The molecule has 1 fully saturated rings. The summed E-state index contributed by atoms with van der Waals surface area (Å²) >= 11 is 9.44. The Kier molecular flexibility index (Phi) is 3.61. The molecule has 1 aromatic carbocycles. The number of nitrogens with zero attached hydrogens (tertiary/aromatic N) is 2. The first-order chi connectivity index (χ1) is 9.17. The SMILES string of the molecule is CCC1(Cn2c(CCCl)nc3cc(Br)ccc32)CC1. The Hall–Kier alpha value is -0.540. The summed E-state index contributed by atoms with van der Waals surface area (Å²) in [5, 5.41) is 0. The van der Waals surface area contributed by atoms with Crippen molar-refractivity contribution < 1.29 is 0 Å². The summed E-state index contributed by atoms with van der Waals surface area (Å²) in [6, 6.07) is 6.35. The second kappa shape index (κ2) is 5.10. The van der Waals surface area contributed by atoms with Crippen molar-refractivity contribution in [3.8, 4) is 0 Å². The van der Waals surface area contributed by atoms with Crippen molar-refractivity contribution in [2.24, 2.45) is 5.41 Å². The van der Waals surface area contributed by atoms with Crippen molar-refractivity contribution in [3.05, 3.63) is 28.5 Å². The number of benzene rings is 1. The van der Waals surface area contributed by atoms with Crippen molar-refractivity contribution in [1.82, 2.24) is 9.55 Å². The Balaban J connectivity index is 2.06. The smallest absolute Gasteiger partial charge is 0.111 e. The third-order valence-electron chi connectivity index (χ3n) is 4.31. The van der Waals surface area contributed by atoms with E-state index in [1.54, 1.807) is 0 Å². The average molecular weight is 342 g/mol. The second-order valence-electron chi connectivity index (χ2n) is 5.54. The molecule has 0 bridgehead atoms. The van der Waals surface area contributed by atoms with Crippen molar-refractivity contribution >= 4 is 38.6 Å². The Morgan fingerprint density at radius 2 is 2.21 bits per heavy atom. The van der Waals surface area contributed by atoms with Gasteiger partial charge in [-0.3, -0.25) is 0 Å². The molecule has 0 N–H and O–H groups in total. The summed E-state index contributed by atoms with van der Waals surface area (Å²) in [5.74, 6) is 1.76. The highest BCUT2D eigenvalue weighted by molar-refractivity contribution is 9.10. The number of hydrogen-bond donors (Lipinski definition) is 0. The van der Waals surface area contributed by atoms with Gasteiger partial charge in [0.15, 0.2) is 0 Å². The highest BCUT2D eigenvalue weighted by atomic mass is 79.9. The maximum atomic E-state index is 5.93. The van der Waals surface area contributed by atoms with Gasteiger partial charge >= 0.3 is 0 Å². The van der Waals surface area contributed by atoms with Crippen molar-refractivity contribution in [2.75, 3.05) is 5.88 Å². The van der Waals surface area contributed by atoms with Crippen LogP contribution >= 0.6 is 27.5 Å². The van der Waals surface area contributed by atoms with Gasteiger partial charge in [-0.2, -0.15) is 0 Å². The van der Waals surface area contributed by atoms with Gasteiger partial charge in [-0.1, -0.05) is 22.9 Å². The summed E-state index contributed by atoms with van der Waals surface area (Å²) in [6.45, 7) is 3.39. The third-order valence-corrected chi connectivity index (χ3v) is 4.99. The lowest BCUT2D eigenvalue weighted by Crippen LogP contribution is -2.13. The van der Waals surface area contributed by atoms with Crippen LogP contribution in [0.2, 0.25) is 0 Å². The second-order valence-corrected chi connectivity index (χ2v) is 6.83. The van der Waals surface area contributed by atoms with E-state index >= 15 is 0 Å². The van der Waals surface area contributed by atoms with Gasteiger partial charge in [-0.05, 0) is 42.9 Å². The van der Waals surface area contributed by atoms with E-state index in [9.17, 15) is 0 Å². The van der Waals surface area contributed by atoms with Crippen LogP contribution in [0.15, 0.2) is 22.7 Å². The van der Waals surface area contributed by atoms with Gasteiger partial charge in [0, 0.05) is 23.3 Å². The molecule has 3 rings (SSSR count). The van der Waals surface area contributed by atoms with Crippen LogP contribution in [0.4, 0.5) is 0 Å². The summed E-state index contributed by atoms with van der Waals surface area (Å²) in [4.78, 5) is 4.76. The van der Waals surface area contributed by atoms with Crippen LogP contribution in [0.3, 0.4) is 0 Å². The minimum atomic E-state index is 0.516. The molecule has 4 heteroatoms. The molecule has 0 spiro atoms. The molecule has 19 heavy (non-hydrogen) atoms. The predicted octanol–water partition coefficient (Wildman–Crippen LogP) is 4.77. The van der Waals surface area contributed by atoms with Crippen LogP contribution < -0.4 is 0 Å². The zero-order valence-electron chi connectivity index (χ0n) is 11.1. The number of aryl methyl sites for hydroxylation is 1. The Morgan fingerprint density at radius 1 is 1.42 bits per heavy atom. The van der Waals surface area contributed by atoms with E-state index in [4.69, 9.17) is 16.6 Å². The van der Waals surface area contributed by atoms with Gasteiger partial charge < -0.3 is 4.57 Å². The standard InChI is InChI=1S/C15H18BrClN2/c1-2-15(6-7-15)10-19-13-4-3-11(16)9-12(13)18-14(19)5-8-17/h3-4,9H,2,5-8,10H2,1H3. The number of fused-ring (bicyclic) bond motifs is 1. The van der Waals surface area contributed by atoms with Crippen LogP contribution in [0.1, 0.15) is 32.0 Å². The molecule has 2 aromatic rings. The van der Waals surface area contributed by atoms with Crippen molar-refractivity contribution in [1.29, 1.82) is 0 Å². The number of halogens is 2. The van der Waals surface area contributed by atoms with Gasteiger partial charge in [0.05, 0.1) is 11.0 Å². The summed E-state index contributed by atoms with van der Waals surface area (Å²) in [7, 11) is 0. The lowest BCUT2D eigenvalue weighted by Gasteiger charge is -2.16. The van der Waals surface area contributed by atoms with E-state index < -0.39 is 0 Å². The molecule has 1 aliphatic carbocycles. The van der Waals surface area contributed by atoms with Gasteiger partial charge in [0.1, 0.15) is 5.82 Å². The maximum absolute atomic E-state index is 5.93. The highest BCUT2D eigenvalue weighted by Crippen LogP contribution is 2.50. The largest absolute Gasteiger partial charge is 0.327 e. The zero-order chi connectivity index (χ0) is 13.5. The molecule has 1 aliphatic rings. The first-order valence-corrected chi connectivity index (χ1v) is 8.21. The van der Waals surface area contributed by atoms with Crippen LogP contribution in [-0.4, -0.2) is 15.4 Å². The molecule has 1 saturated carbocycles. The van der Waals surface area contributed by atoms with Gasteiger partial charge in [0.25, 0.3) is 0 Å². The summed E-state index contributed by atoms with van der Waals surface area (Å²) in [5.41, 5.74) is 2.83. The number of imidazole rings is 1. The fourth-order valence-corrected chi connectivity index (χ4v) is 3.26. The Bertz CT molecular complexity index is 601. The number of alkyl halides is 1. The monoisotopic (exact) mass is 340 g/mol. The molecule has 0 aliphatic heterocycles. The maximum Gasteiger partial charge on any atom is 0.111 e. The van der Waals surface area contributed by atoms with Crippen molar-refractivity contribution in [2.45, 2.75) is 39.2 Å². The quantitative estimate of drug-likeness (QED) is 0.716. The topological polar surface area (TPSA) is 17.8 Å². The molecule has 0 unspecified atom stereocenters. The molecule has 0 radical (unpaired) electrons. The van der Waals surface area contributed by atoms with Crippen LogP contribution in [0.25, 0.3) is 11.0 Å². The summed E-state index contributed by atoms with van der Waals surface area (Å²) in [6.07, 6.45) is 4.79. The molecule has 1 heterocycles. The third kappa shape index (κ3) is 2.55. The average Bonchev–Trinajstić information content (AvgIpc) is 3.10. The molecular formula is C15H18BrClN2.